The Hall–Kier alpha value is -2.13. The third kappa shape index (κ3) is 3.60. The number of ether oxygens (including phenoxy) is 1. The first-order chi connectivity index (χ1) is 13.4. The number of aromatic nitrogens is 2. The van der Waals surface area contributed by atoms with Crippen LogP contribution in [0.5, 0.6) is 0 Å². The number of fused-ring (bicyclic) bond motifs is 1. The number of hydrogen-bond donors (Lipinski definition) is 2. The zero-order chi connectivity index (χ0) is 19.8. The number of carbonyl (C=O) groups is 1. The van der Waals surface area contributed by atoms with E-state index in [0.717, 1.165) is 30.7 Å². The van der Waals surface area contributed by atoms with E-state index in [-0.39, 0.29) is 36.9 Å². The van der Waals surface area contributed by atoms with Crippen molar-refractivity contribution in [3.63, 3.8) is 0 Å². The summed E-state index contributed by atoms with van der Waals surface area (Å²) in [7, 11) is 0. The zero-order valence-corrected chi connectivity index (χ0v) is 15.9. The second-order valence-corrected chi connectivity index (χ2v) is 7.67. The molecular weight excluding hydrogens is 391 g/mol. The fraction of sp³-hybridized carbons (Fsp3) is 0.474. The normalized spacial score (nSPS) is 21.5. The molecule has 2 aliphatic heterocycles. The van der Waals surface area contributed by atoms with E-state index in [1.54, 1.807) is 4.57 Å². The van der Waals surface area contributed by atoms with Crippen molar-refractivity contribution in [2.45, 2.75) is 44.2 Å². The second-order valence-electron chi connectivity index (χ2n) is 7.28. The van der Waals surface area contributed by atoms with Crippen LogP contribution in [0.25, 0.3) is 0 Å². The highest BCUT2D eigenvalue weighted by molar-refractivity contribution is 7.71. The summed E-state index contributed by atoms with van der Waals surface area (Å²) in [6.45, 7) is 1.44. The molecule has 0 unspecified atom stereocenters. The summed E-state index contributed by atoms with van der Waals surface area (Å²) < 4.78 is 49.4. The summed E-state index contributed by atoms with van der Waals surface area (Å²) in [5.41, 5.74) is 1.08. The van der Waals surface area contributed by atoms with Gasteiger partial charge in [-0.3, -0.25) is 4.79 Å². The van der Waals surface area contributed by atoms with Crippen LogP contribution in [-0.2, 0) is 28.9 Å². The van der Waals surface area contributed by atoms with E-state index >= 15 is 0 Å². The number of carbonyl (C=O) groups excluding carboxylic acids is 1. The lowest BCUT2D eigenvalue weighted by Gasteiger charge is -2.23. The smallest absolute Gasteiger partial charge is 0.226 e. The third-order valence-electron chi connectivity index (χ3n) is 5.37. The molecule has 9 heteroatoms. The molecule has 3 heterocycles. The number of aromatic amines is 1. The van der Waals surface area contributed by atoms with Crippen molar-refractivity contribution in [3.05, 3.63) is 51.3 Å². The van der Waals surface area contributed by atoms with E-state index in [1.165, 1.54) is 0 Å². The Bertz CT molecular complexity index is 966. The van der Waals surface area contributed by atoms with Gasteiger partial charge in [0.1, 0.15) is 5.82 Å². The summed E-state index contributed by atoms with van der Waals surface area (Å²) in [4.78, 5) is 15.4. The minimum atomic E-state index is -1.16. The van der Waals surface area contributed by atoms with Crippen LogP contribution >= 0.6 is 12.2 Å². The van der Waals surface area contributed by atoms with Crippen molar-refractivity contribution in [3.8, 4) is 0 Å². The van der Waals surface area contributed by atoms with Crippen molar-refractivity contribution in [2.24, 2.45) is 0 Å². The molecule has 2 atom stereocenters. The minimum Gasteiger partial charge on any atom is -0.379 e. The van der Waals surface area contributed by atoms with Crippen molar-refractivity contribution >= 4 is 18.1 Å². The van der Waals surface area contributed by atoms with E-state index in [2.05, 4.69) is 10.3 Å². The van der Waals surface area contributed by atoms with Gasteiger partial charge in [0.2, 0.25) is 5.91 Å². The average Bonchev–Trinajstić information content (AvgIpc) is 3.21. The van der Waals surface area contributed by atoms with Crippen molar-refractivity contribution in [2.75, 3.05) is 13.2 Å². The van der Waals surface area contributed by atoms with Crippen LogP contribution in [0.1, 0.15) is 35.7 Å². The van der Waals surface area contributed by atoms with Gasteiger partial charge in [0.05, 0.1) is 19.1 Å². The van der Waals surface area contributed by atoms with Crippen molar-refractivity contribution < 1.29 is 22.7 Å². The molecule has 0 bridgehead atoms. The van der Waals surface area contributed by atoms with Crippen LogP contribution in [0.3, 0.4) is 0 Å². The first-order valence-corrected chi connectivity index (χ1v) is 9.66. The summed E-state index contributed by atoms with van der Waals surface area (Å²) in [6, 6.07) is 1.70. The minimum absolute atomic E-state index is 0.0110. The highest BCUT2D eigenvalue weighted by Gasteiger charge is 2.32. The number of hydrogen-bond acceptors (Lipinski definition) is 3. The maximum Gasteiger partial charge on any atom is 0.226 e. The Morgan fingerprint density at radius 3 is 2.86 bits per heavy atom. The van der Waals surface area contributed by atoms with E-state index in [4.69, 9.17) is 17.0 Å². The first-order valence-electron chi connectivity index (χ1n) is 9.25. The monoisotopic (exact) mass is 411 g/mol. The van der Waals surface area contributed by atoms with E-state index in [9.17, 15) is 18.0 Å². The van der Waals surface area contributed by atoms with Gasteiger partial charge in [-0.2, -0.15) is 0 Å². The van der Waals surface area contributed by atoms with Crippen LogP contribution < -0.4 is 5.32 Å². The van der Waals surface area contributed by atoms with Gasteiger partial charge in [-0.05, 0) is 43.6 Å². The highest BCUT2D eigenvalue weighted by Crippen LogP contribution is 2.35. The van der Waals surface area contributed by atoms with E-state index < -0.39 is 23.4 Å². The second kappa shape index (κ2) is 7.71. The Morgan fingerprint density at radius 1 is 1.32 bits per heavy atom. The topological polar surface area (TPSA) is 59.0 Å². The van der Waals surface area contributed by atoms with Gasteiger partial charge in [-0.25, -0.2) is 13.2 Å². The van der Waals surface area contributed by atoms with Gasteiger partial charge in [0, 0.05) is 36.0 Å². The summed E-state index contributed by atoms with van der Waals surface area (Å²) in [5, 5.41) is 2.94. The van der Waals surface area contributed by atoms with Gasteiger partial charge in [0.15, 0.2) is 16.4 Å². The summed E-state index contributed by atoms with van der Waals surface area (Å²) >= 11 is 5.30. The lowest BCUT2D eigenvalue weighted by molar-refractivity contribution is -0.122. The Labute approximate surface area is 164 Å². The molecular formula is C19H20F3N3O2S. The fourth-order valence-corrected chi connectivity index (χ4v) is 4.36. The van der Waals surface area contributed by atoms with Crippen LogP contribution in [0, 0.1) is 22.2 Å². The van der Waals surface area contributed by atoms with Gasteiger partial charge >= 0.3 is 0 Å². The molecule has 0 radical (unpaired) electrons. The number of halogens is 3. The Balaban J connectivity index is 1.52. The molecule has 1 saturated heterocycles. The number of nitrogens with one attached hydrogen (secondary N) is 2. The molecule has 4 rings (SSSR count). The van der Waals surface area contributed by atoms with Crippen molar-refractivity contribution in [1.82, 2.24) is 14.9 Å². The predicted octanol–water partition coefficient (Wildman–Crippen LogP) is 3.14. The number of rotatable bonds is 4. The molecule has 0 spiro atoms. The van der Waals surface area contributed by atoms with Crippen molar-refractivity contribution in [1.29, 1.82) is 0 Å². The summed E-state index contributed by atoms with van der Waals surface area (Å²) in [5.74, 6) is -3.76. The molecule has 2 aliphatic rings. The average molecular weight is 411 g/mol. The third-order valence-corrected chi connectivity index (χ3v) is 5.69. The zero-order valence-electron chi connectivity index (χ0n) is 15.1. The molecule has 2 aromatic rings. The standard InChI is InChI=1S/C19H20F3N3O2S/c20-12-3-4-13(21)18(22)17(12)10-6-15-14(24-19(28)25(15)8-10)7-16(26)23-11-2-1-5-27-9-11/h3-4,10-11H,1-2,5-9H2,(H,23,26)(H,24,28)/t10-,11+/m0/s1. The molecule has 2 N–H and O–H groups in total. The highest BCUT2D eigenvalue weighted by atomic mass is 32.1. The number of nitrogens with zero attached hydrogens (tertiary/aromatic N) is 1. The molecule has 1 aromatic heterocycles. The fourth-order valence-electron chi connectivity index (χ4n) is 4.05. The molecule has 150 valence electrons. The van der Waals surface area contributed by atoms with Crippen LogP contribution in [-0.4, -0.2) is 34.7 Å². The Morgan fingerprint density at radius 2 is 2.11 bits per heavy atom. The van der Waals surface area contributed by atoms with Gasteiger partial charge in [-0.1, -0.05) is 0 Å². The molecule has 1 amide bonds. The van der Waals surface area contributed by atoms with Gasteiger partial charge in [0.25, 0.3) is 0 Å². The first kappa shape index (κ1) is 19.2. The van der Waals surface area contributed by atoms with Gasteiger partial charge in [-0.15, -0.1) is 0 Å². The van der Waals surface area contributed by atoms with E-state index in [1.807, 2.05) is 0 Å². The maximum absolute atomic E-state index is 14.2. The Kier molecular flexibility index (Phi) is 5.29. The number of imidazole rings is 1. The lowest BCUT2D eigenvalue weighted by Crippen LogP contribution is -2.41. The molecule has 1 fully saturated rings. The van der Waals surface area contributed by atoms with Crippen LogP contribution in [0.2, 0.25) is 0 Å². The molecule has 28 heavy (non-hydrogen) atoms. The summed E-state index contributed by atoms with van der Waals surface area (Å²) in [6.07, 6.45) is 2.14. The largest absolute Gasteiger partial charge is 0.379 e. The van der Waals surface area contributed by atoms with E-state index in [0.29, 0.717) is 23.7 Å². The molecule has 5 nitrogen and oxygen atoms in total. The lowest BCUT2D eigenvalue weighted by atomic mass is 9.95. The molecule has 0 saturated carbocycles. The molecule has 1 aromatic carbocycles. The SMILES string of the molecule is O=C(Cc1[nH]c(=S)n2c1C[C@H](c1c(F)ccc(F)c1F)C2)N[C@@H]1CCCOC1. The van der Waals surface area contributed by atoms with Crippen LogP contribution in [0.4, 0.5) is 13.2 Å². The predicted molar refractivity (Wildman–Crippen MR) is 98.1 cm³/mol. The quantitative estimate of drug-likeness (QED) is 0.600. The maximum atomic E-state index is 14.2. The number of H-pyrrole nitrogens is 1. The van der Waals surface area contributed by atoms with Crippen LogP contribution in [0.15, 0.2) is 12.1 Å². The number of benzene rings is 1. The molecule has 0 aliphatic carbocycles. The van der Waals surface area contributed by atoms with Gasteiger partial charge < -0.3 is 19.6 Å². The number of amides is 1.